The molecule has 0 radical (unpaired) electrons. The van der Waals surface area contributed by atoms with Crippen molar-refractivity contribution in [3.05, 3.63) is 0 Å². The van der Waals surface area contributed by atoms with E-state index in [0.717, 1.165) is 0 Å². The second-order valence-electron chi connectivity index (χ2n) is 3.48. The van der Waals surface area contributed by atoms with E-state index in [2.05, 4.69) is 6.07 Å². The van der Waals surface area contributed by atoms with Crippen molar-refractivity contribution in [1.82, 2.24) is 4.90 Å². The van der Waals surface area contributed by atoms with Crippen LogP contribution in [0.15, 0.2) is 0 Å². The number of sulfone groups is 1. The molecule has 1 atom stereocenters. The molecule has 0 aliphatic carbocycles. The minimum atomic E-state index is -2.78. The van der Waals surface area contributed by atoms with Crippen molar-refractivity contribution in [1.29, 1.82) is 5.26 Å². The Kier molecular flexibility index (Phi) is 3.28. The lowest BCUT2D eigenvalue weighted by molar-refractivity contribution is 0.275. The Morgan fingerprint density at radius 3 is 2.46 bits per heavy atom. The monoisotopic (exact) mass is 202 g/mol. The van der Waals surface area contributed by atoms with Crippen LogP contribution in [0, 0.1) is 17.2 Å². The van der Waals surface area contributed by atoms with Gasteiger partial charge in [-0.15, -0.1) is 0 Å². The molecule has 5 heteroatoms. The highest BCUT2D eigenvalue weighted by Crippen LogP contribution is 2.06. The summed E-state index contributed by atoms with van der Waals surface area (Å²) >= 11 is 0. The molecule has 1 fully saturated rings. The quantitative estimate of drug-likeness (QED) is 0.626. The van der Waals surface area contributed by atoms with E-state index in [-0.39, 0.29) is 17.4 Å². The first-order valence-electron chi connectivity index (χ1n) is 4.36. The first kappa shape index (κ1) is 10.5. The summed E-state index contributed by atoms with van der Waals surface area (Å²) in [5, 5.41) is 8.57. The van der Waals surface area contributed by atoms with Gasteiger partial charge < -0.3 is 4.90 Å². The fraction of sp³-hybridized carbons (Fsp3) is 0.875. The third-order valence-corrected chi connectivity index (χ3v) is 3.80. The molecule has 74 valence electrons. The van der Waals surface area contributed by atoms with Crippen molar-refractivity contribution < 1.29 is 8.42 Å². The molecule has 0 spiro atoms. The van der Waals surface area contributed by atoms with Gasteiger partial charge in [0, 0.05) is 19.6 Å². The molecule has 0 aromatic rings. The molecule has 0 amide bonds. The number of rotatable bonds is 2. The number of nitriles is 1. The molecule has 0 saturated carbocycles. The zero-order valence-electron chi connectivity index (χ0n) is 7.73. The summed E-state index contributed by atoms with van der Waals surface area (Å²) in [6.07, 6.45) is 0. The summed E-state index contributed by atoms with van der Waals surface area (Å²) in [6.45, 7) is 3.69. The minimum absolute atomic E-state index is 0.0131. The SMILES string of the molecule is CC(C#N)CN1CCS(=O)(=O)CC1. The van der Waals surface area contributed by atoms with E-state index < -0.39 is 9.84 Å². The molecule has 0 N–H and O–H groups in total. The smallest absolute Gasteiger partial charge is 0.152 e. The van der Waals surface area contributed by atoms with Crippen LogP contribution in [0.2, 0.25) is 0 Å². The lowest BCUT2D eigenvalue weighted by Gasteiger charge is -2.26. The predicted molar refractivity (Wildman–Crippen MR) is 49.9 cm³/mol. The van der Waals surface area contributed by atoms with Crippen molar-refractivity contribution in [3.8, 4) is 6.07 Å². The van der Waals surface area contributed by atoms with Crippen LogP contribution in [0.4, 0.5) is 0 Å². The molecule has 4 nitrogen and oxygen atoms in total. The molecule has 13 heavy (non-hydrogen) atoms. The van der Waals surface area contributed by atoms with Crippen LogP contribution in [0.3, 0.4) is 0 Å². The van der Waals surface area contributed by atoms with Crippen LogP contribution in [0.25, 0.3) is 0 Å². The van der Waals surface area contributed by atoms with Crippen LogP contribution in [-0.2, 0) is 9.84 Å². The summed E-state index contributed by atoms with van der Waals surface area (Å²) in [6, 6.07) is 2.14. The summed E-state index contributed by atoms with van der Waals surface area (Å²) in [7, 11) is -2.78. The summed E-state index contributed by atoms with van der Waals surface area (Å²) in [5.74, 6) is 0.469. The fourth-order valence-corrected chi connectivity index (χ4v) is 2.64. The third-order valence-electron chi connectivity index (χ3n) is 2.19. The van der Waals surface area contributed by atoms with Gasteiger partial charge in [-0.25, -0.2) is 8.42 Å². The molecular weight excluding hydrogens is 188 g/mol. The fourth-order valence-electron chi connectivity index (χ4n) is 1.36. The zero-order chi connectivity index (χ0) is 9.90. The molecular formula is C8H14N2O2S. The molecule has 0 aromatic carbocycles. The third kappa shape index (κ3) is 3.33. The van der Waals surface area contributed by atoms with Crippen molar-refractivity contribution in [3.63, 3.8) is 0 Å². The molecule has 1 heterocycles. The van der Waals surface area contributed by atoms with Crippen LogP contribution >= 0.6 is 0 Å². The van der Waals surface area contributed by atoms with E-state index in [9.17, 15) is 8.42 Å². The van der Waals surface area contributed by atoms with E-state index in [0.29, 0.717) is 19.6 Å². The van der Waals surface area contributed by atoms with Crippen molar-refractivity contribution in [2.24, 2.45) is 5.92 Å². The molecule has 1 rings (SSSR count). The van der Waals surface area contributed by atoms with E-state index in [1.807, 2.05) is 11.8 Å². The maximum absolute atomic E-state index is 11.1. The summed E-state index contributed by atoms with van der Waals surface area (Å²) < 4.78 is 22.1. The van der Waals surface area contributed by atoms with Crippen LogP contribution in [0.5, 0.6) is 0 Å². The Bertz CT molecular complexity index is 291. The largest absolute Gasteiger partial charge is 0.300 e. The highest BCUT2D eigenvalue weighted by molar-refractivity contribution is 7.91. The topological polar surface area (TPSA) is 61.2 Å². The summed E-state index contributed by atoms with van der Waals surface area (Å²) in [4.78, 5) is 2.04. The van der Waals surface area contributed by atoms with Crippen LogP contribution in [0.1, 0.15) is 6.92 Å². The lowest BCUT2D eigenvalue weighted by atomic mass is 10.2. The Morgan fingerprint density at radius 1 is 1.46 bits per heavy atom. The molecule has 0 bridgehead atoms. The second kappa shape index (κ2) is 4.07. The van der Waals surface area contributed by atoms with E-state index in [1.165, 1.54) is 0 Å². The van der Waals surface area contributed by atoms with Crippen molar-refractivity contribution >= 4 is 9.84 Å². The molecule has 1 aliphatic heterocycles. The van der Waals surface area contributed by atoms with Crippen LogP contribution < -0.4 is 0 Å². The van der Waals surface area contributed by atoms with E-state index >= 15 is 0 Å². The van der Waals surface area contributed by atoms with Crippen LogP contribution in [-0.4, -0.2) is 44.5 Å². The van der Waals surface area contributed by atoms with E-state index in [1.54, 1.807) is 0 Å². The Labute approximate surface area is 79.1 Å². The Balaban J connectivity index is 2.39. The second-order valence-corrected chi connectivity index (χ2v) is 5.79. The average Bonchev–Trinajstić information content (AvgIpc) is 2.08. The Hall–Kier alpha value is -0.600. The number of hydrogen-bond acceptors (Lipinski definition) is 4. The Morgan fingerprint density at radius 2 is 2.00 bits per heavy atom. The highest BCUT2D eigenvalue weighted by Gasteiger charge is 2.22. The molecule has 1 unspecified atom stereocenters. The molecule has 0 aromatic heterocycles. The van der Waals surface area contributed by atoms with E-state index in [4.69, 9.17) is 5.26 Å². The molecule has 1 saturated heterocycles. The number of nitrogens with zero attached hydrogens (tertiary/aromatic N) is 2. The van der Waals surface area contributed by atoms with Crippen molar-refractivity contribution in [2.75, 3.05) is 31.1 Å². The normalized spacial score (nSPS) is 24.9. The first-order valence-corrected chi connectivity index (χ1v) is 6.18. The van der Waals surface area contributed by atoms with Gasteiger partial charge in [0.05, 0.1) is 23.5 Å². The predicted octanol–water partition coefficient (Wildman–Crippen LogP) is -0.124. The maximum Gasteiger partial charge on any atom is 0.152 e. The van der Waals surface area contributed by atoms with Gasteiger partial charge in [0.2, 0.25) is 0 Å². The standard InChI is InChI=1S/C8H14N2O2S/c1-8(6-9)7-10-2-4-13(11,12)5-3-10/h8H,2-5,7H2,1H3. The first-order chi connectivity index (χ1) is 6.03. The molecule has 1 aliphatic rings. The number of hydrogen-bond donors (Lipinski definition) is 0. The van der Waals surface area contributed by atoms with Gasteiger partial charge in [-0.3, -0.25) is 0 Å². The van der Waals surface area contributed by atoms with Gasteiger partial charge in [0.25, 0.3) is 0 Å². The van der Waals surface area contributed by atoms with Gasteiger partial charge in [-0.1, -0.05) is 0 Å². The minimum Gasteiger partial charge on any atom is -0.300 e. The van der Waals surface area contributed by atoms with Crippen molar-refractivity contribution in [2.45, 2.75) is 6.92 Å². The lowest BCUT2D eigenvalue weighted by Crippen LogP contribution is -2.42. The summed E-state index contributed by atoms with van der Waals surface area (Å²) in [5.41, 5.74) is 0. The van der Waals surface area contributed by atoms with Gasteiger partial charge >= 0.3 is 0 Å². The highest BCUT2D eigenvalue weighted by atomic mass is 32.2. The van der Waals surface area contributed by atoms with Gasteiger partial charge in [-0.05, 0) is 6.92 Å². The van der Waals surface area contributed by atoms with Gasteiger partial charge in [0.1, 0.15) is 0 Å². The van der Waals surface area contributed by atoms with Gasteiger partial charge in [0.15, 0.2) is 9.84 Å². The average molecular weight is 202 g/mol. The zero-order valence-corrected chi connectivity index (χ0v) is 8.55. The van der Waals surface area contributed by atoms with Gasteiger partial charge in [-0.2, -0.15) is 5.26 Å². The maximum atomic E-state index is 11.1.